The molecule has 0 bridgehead atoms. The lowest BCUT2D eigenvalue weighted by atomic mass is 9.88. The van der Waals surface area contributed by atoms with Crippen molar-refractivity contribution >= 4 is 69.5 Å². The molecule has 0 radical (unpaired) electrons. The van der Waals surface area contributed by atoms with E-state index in [0.717, 1.165) is 37.9 Å². The van der Waals surface area contributed by atoms with Crippen LogP contribution < -0.4 is 0 Å². The smallest absolute Gasteiger partial charge is 0.258 e. The molecule has 4 heteroatoms. The maximum atomic E-state index is 12.6. The first-order chi connectivity index (χ1) is 16.7. The number of benzene rings is 6. The molecule has 3 nitrogen and oxygen atoms in total. The Morgan fingerprint density at radius 3 is 1.79 bits per heavy atom. The summed E-state index contributed by atoms with van der Waals surface area (Å²) in [5.41, 5.74) is 1.76. The van der Waals surface area contributed by atoms with Crippen molar-refractivity contribution in [1.29, 1.82) is 0 Å². The summed E-state index contributed by atoms with van der Waals surface area (Å²) in [4.78, 5) is 12.4. The van der Waals surface area contributed by atoms with Crippen LogP contribution >= 0.6 is 11.3 Å². The first kappa shape index (κ1) is 19.2. The van der Waals surface area contributed by atoms with Crippen molar-refractivity contribution in [3.63, 3.8) is 0 Å². The average Bonchev–Trinajstić information content (AvgIpc) is 3.26. The topological polar surface area (TPSA) is 43.1 Å². The van der Waals surface area contributed by atoms with Crippen LogP contribution in [0.3, 0.4) is 0 Å². The lowest BCUT2D eigenvalue weighted by molar-refractivity contribution is -0.382. The van der Waals surface area contributed by atoms with E-state index in [1.165, 1.54) is 14.8 Å². The second-order valence-electron chi connectivity index (χ2n) is 8.52. The van der Waals surface area contributed by atoms with E-state index in [0.29, 0.717) is 10.9 Å². The molecule has 0 aliphatic carbocycles. The van der Waals surface area contributed by atoms with Gasteiger partial charge in [-0.15, -0.1) is 11.3 Å². The number of nitro benzene ring substituents is 1. The molecule has 0 atom stereocenters. The van der Waals surface area contributed by atoms with Crippen LogP contribution in [0.1, 0.15) is 0 Å². The van der Waals surface area contributed by atoms with Crippen molar-refractivity contribution in [2.45, 2.75) is 0 Å². The lowest BCUT2D eigenvalue weighted by Crippen LogP contribution is -1.96. The zero-order valence-electron chi connectivity index (χ0n) is 18.0. The summed E-state index contributed by atoms with van der Waals surface area (Å²) < 4.78 is 2.44. The van der Waals surface area contributed by atoms with Crippen LogP contribution in [0, 0.1) is 10.1 Å². The van der Waals surface area contributed by atoms with Gasteiger partial charge in [0.2, 0.25) is 0 Å². The molecule has 0 saturated heterocycles. The Hall–Kier alpha value is -4.28. The summed E-state index contributed by atoms with van der Waals surface area (Å²) in [5, 5.41) is 20.6. The van der Waals surface area contributed by atoms with Crippen molar-refractivity contribution in [2.75, 3.05) is 0 Å². The van der Waals surface area contributed by atoms with Crippen LogP contribution in [0.5, 0.6) is 0 Å². The maximum absolute atomic E-state index is 12.6. The number of hydrogen-bond acceptors (Lipinski definition) is 3. The van der Waals surface area contributed by atoms with Crippen LogP contribution in [0.2, 0.25) is 0 Å². The highest BCUT2D eigenvalue weighted by Gasteiger charge is 2.26. The predicted molar refractivity (Wildman–Crippen MR) is 144 cm³/mol. The van der Waals surface area contributed by atoms with Crippen LogP contribution in [0.4, 0.5) is 5.69 Å². The fourth-order valence-electron chi connectivity index (χ4n) is 5.34. The van der Waals surface area contributed by atoms with E-state index < -0.39 is 0 Å². The number of fused-ring (bicyclic) bond motifs is 8. The van der Waals surface area contributed by atoms with E-state index >= 15 is 0 Å². The van der Waals surface area contributed by atoms with Gasteiger partial charge in [0.25, 0.3) is 5.69 Å². The first-order valence-electron chi connectivity index (χ1n) is 11.1. The molecule has 0 fully saturated rings. The largest absolute Gasteiger partial charge is 0.285 e. The summed E-state index contributed by atoms with van der Waals surface area (Å²) in [5.74, 6) is 0. The van der Waals surface area contributed by atoms with Gasteiger partial charge in [0.05, 0.1) is 15.9 Å². The fraction of sp³-hybridized carbons (Fsp3) is 0. The quantitative estimate of drug-likeness (QED) is 0.148. The number of nitro groups is 1. The predicted octanol–water partition coefficient (Wildman–Crippen LogP) is 9.09. The Kier molecular flexibility index (Phi) is 4.02. The van der Waals surface area contributed by atoms with Gasteiger partial charge in [-0.2, -0.15) is 0 Å². The van der Waals surface area contributed by atoms with Gasteiger partial charge in [-0.1, -0.05) is 84.9 Å². The summed E-state index contributed by atoms with van der Waals surface area (Å²) >= 11 is 1.78. The molecule has 160 valence electrons. The van der Waals surface area contributed by atoms with Gasteiger partial charge < -0.3 is 0 Å². The molecule has 6 aromatic carbocycles. The molecular weight excluding hydrogens is 438 g/mol. The molecule has 0 aliphatic heterocycles. The van der Waals surface area contributed by atoms with E-state index in [-0.39, 0.29) is 10.6 Å². The Bertz CT molecular complexity index is 1950. The van der Waals surface area contributed by atoms with E-state index in [9.17, 15) is 10.1 Å². The van der Waals surface area contributed by atoms with Crippen molar-refractivity contribution in [3.8, 4) is 11.1 Å². The molecule has 0 amide bonds. The zero-order valence-corrected chi connectivity index (χ0v) is 18.8. The van der Waals surface area contributed by atoms with Crippen molar-refractivity contribution in [3.05, 3.63) is 113 Å². The second kappa shape index (κ2) is 7.11. The van der Waals surface area contributed by atoms with Crippen LogP contribution in [-0.2, 0) is 0 Å². The summed E-state index contributed by atoms with van der Waals surface area (Å²) in [6.45, 7) is 0. The number of rotatable bonds is 2. The SMILES string of the molecule is O=[N+]([O-])c1c(-c2cc3c4ccccc4sc3c3ccccc23)c2ccccc2c2ccccc12. The minimum Gasteiger partial charge on any atom is -0.258 e. The molecule has 0 spiro atoms. The lowest BCUT2D eigenvalue weighted by Gasteiger charge is -2.15. The van der Waals surface area contributed by atoms with Crippen LogP contribution in [0.25, 0.3) is 63.6 Å². The molecule has 1 heterocycles. The highest BCUT2D eigenvalue weighted by atomic mass is 32.1. The van der Waals surface area contributed by atoms with Crippen molar-refractivity contribution in [1.82, 2.24) is 0 Å². The van der Waals surface area contributed by atoms with Gasteiger partial charge in [-0.05, 0) is 45.3 Å². The number of nitrogens with zero attached hydrogens (tertiary/aromatic N) is 1. The Labute approximate surface area is 198 Å². The molecule has 1 aromatic heterocycles. The Balaban J connectivity index is 1.77. The molecule has 7 aromatic rings. The van der Waals surface area contributed by atoms with Gasteiger partial charge in [-0.25, -0.2) is 0 Å². The molecule has 0 aliphatic rings. The molecular formula is C30H17NO2S. The van der Waals surface area contributed by atoms with Gasteiger partial charge in [0.15, 0.2) is 0 Å². The first-order valence-corrected chi connectivity index (χ1v) is 12.0. The minimum absolute atomic E-state index is 0.165. The second-order valence-corrected chi connectivity index (χ2v) is 9.57. The third kappa shape index (κ3) is 2.57. The minimum atomic E-state index is -0.213. The van der Waals surface area contributed by atoms with E-state index in [2.05, 4.69) is 48.5 Å². The zero-order chi connectivity index (χ0) is 22.8. The summed E-state index contributed by atoms with van der Waals surface area (Å²) in [7, 11) is 0. The number of thiophene rings is 1. The van der Waals surface area contributed by atoms with E-state index in [4.69, 9.17) is 0 Å². The summed E-state index contributed by atoms with van der Waals surface area (Å²) in [6, 6.07) is 34.5. The van der Waals surface area contributed by atoms with Gasteiger partial charge in [-0.3, -0.25) is 10.1 Å². The van der Waals surface area contributed by atoms with Gasteiger partial charge in [0, 0.05) is 25.6 Å². The average molecular weight is 456 g/mol. The van der Waals surface area contributed by atoms with Gasteiger partial charge >= 0.3 is 0 Å². The third-order valence-electron chi connectivity index (χ3n) is 6.74. The maximum Gasteiger partial charge on any atom is 0.285 e. The van der Waals surface area contributed by atoms with E-state index in [1.54, 1.807) is 11.3 Å². The monoisotopic (exact) mass is 455 g/mol. The third-order valence-corrected chi connectivity index (χ3v) is 7.96. The molecule has 0 unspecified atom stereocenters. The Morgan fingerprint density at radius 1 is 0.559 bits per heavy atom. The molecule has 0 saturated carbocycles. The van der Waals surface area contributed by atoms with Crippen LogP contribution in [-0.4, -0.2) is 4.92 Å². The highest BCUT2D eigenvalue weighted by Crippen LogP contribution is 2.48. The Morgan fingerprint density at radius 2 is 1.09 bits per heavy atom. The normalized spacial score (nSPS) is 11.8. The highest BCUT2D eigenvalue weighted by molar-refractivity contribution is 7.26. The molecule has 7 rings (SSSR count). The standard InChI is InChI=1S/C30H17NO2S/c32-31(33)29-23-14-5-2-10-19(23)18-9-1-4-13-22(18)28(29)25-17-26-21-12-7-8-16-27(21)34-30(26)24-15-6-3-11-20(24)25/h1-17H. The fourth-order valence-corrected chi connectivity index (χ4v) is 6.56. The van der Waals surface area contributed by atoms with Crippen molar-refractivity contribution < 1.29 is 4.92 Å². The molecule has 0 N–H and O–H groups in total. The molecule has 34 heavy (non-hydrogen) atoms. The summed E-state index contributed by atoms with van der Waals surface area (Å²) in [6.07, 6.45) is 0. The number of hydrogen-bond donors (Lipinski definition) is 0. The van der Waals surface area contributed by atoms with Gasteiger partial charge in [0.1, 0.15) is 0 Å². The van der Waals surface area contributed by atoms with Crippen LogP contribution in [0.15, 0.2) is 103 Å². The van der Waals surface area contributed by atoms with Crippen molar-refractivity contribution in [2.24, 2.45) is 0 Å². The van der Waals surface area contributed by atoms with E-state index in [1.807, 2.05) is 54.6 Å².